The minimum absolute atomic E-state index is 0.0332. The van der Waals surface area contributed by atoms with Crippen molar-refractivity contribution in [1.29, 1.82) is 0 Å². The number of hydrogen-bond donors (Lipinski definition) is 2. The van der Waals surface area contributed by atoms with Crippen LogP contribution in [-0.4, -0.2) is 21.0 Å². The number of carboxylic acid groups (broad SMARTS) is 1. The van der Waals surface area contributed by atoms with Crippen molar-refractivity contribution in [3.8, 4) is 0 Å². The SMILES string of the molecule is Cc1csc(CNc2nc(CC(=O)O)cs2)n1. The summed E-state index contributed by atoms with van der Waals surface area (Å²) in [6, 6.07) is 0. The van der Waals surface area contributed by atoms with Crippen LogP contribution in [-0.2, 0) is 17.8 Å². The van der Waals surface area contributed by atoms with E-state index in [-0.39, 0.29) is 6.42 Å². The Labute approximate surface area is 106 Å². The van der Waals surface area contributed by atoms with E-state index in [0.717, 1.165) is 15.8 Å². The van der Waals surface area contributed by atoms with Gasteiger partial charge in [-0.25, -0.2) is 9.97 Å². The molecule has 0 unspecified atom stereocenters. The molecule has 90 valence electrons. The average Bonchev–Trinajstić information content (AvgIpc) is 2.84. The third-order valence-corrected chi connectivity index (χ3v) is 3.76. The average molecular weight is 269 g/mol. The highest BCUT2D eigenvalue weighted by molar-refractivity contribution is 7.13. The van der Waals surface area contributed by atoms with Crippen molar-refractivity contribution >= 4 is 33.8 Å². The van der Waals surface area contributed by atoms with Crippen LogP contribution in [0.3, 0.4) is 0 Å². The lowest BCUT2D eigenvalue weighted by molar-refractivity contribution is -0.136. The lowest BCUT2D eigenvalue weighted by Crippen LogP contribution is -2.02. The molecular weight excluding hydrogens is 258 g/mol. The first-order valence-corrected chi connectivity index (χ1v) is 6.70. The van der Waals surface area contributed by atoms with Crippen LogP contribution in [0.15, 0.2) is 10.8 Å². The maximum Gasteiger partial charge on any atom is 0.309 e. The van der Waals surface area contributed by atoms with Gasteiger partial charge in [-0.05, 0) is 6.92 Å². The summed E-state index contributed by atoms with van der Waals surface area (Å²) in [5, 5.41) is 17.2. The standard InChI is InChI=1S/C10H11N3O2S2/c1-6-4-16-8(12-6)3-11-10-13-7(5-17-10)2-9(14)15/h4-5H,2-3H2,1H3,(H,11,13)(H,14,15). The molecule has 0 spiro atoms. The molecule has 0 aliphatic rings. The van der Waals surface area contributed by atoms with Crippen LogP contribution in [0.25, 0.3) is 0 Å². The zero-order valence-electron chi connectivity index (χ0n) is 9.14. The van der Waals surface area contributed by atoms with Gasteiger partial charge in [0.25, 0.3) is 0 Å². The first-order chi connectivity index (χ1) is 8.13. The van der Waals surface area contributed by atoms with Gasteiger partial charge in [0.05, 0.1) is 18.7 Å². The molecule has 2 N–H and O–H groups in total. The highest BCUT2D eigenvalue weighted by Crippen LogP contribution is 2.17. The first-order valence-electron chi connectivity index (χ1n) is 4.94. The third kappa shape index (κ3) is 3.50. The molecule has 0 bridgehead atoms. The van der Waals surface area contributed by atoms with Crippen molar-refractivity contribution < 1.29 is 9.90 Å². The molecule has 2 rings (SSSR count). The summed E-state index contributed by atoms with van der Waals surface area (Å²) in [5.41, 5.74) is 1.60. The zero-order chi connectivity index (χ0) is 12.3. The van der Waals surface area contributed by atoms with Crippen LogP contribution >= 0.6 is 22.7 Å². The highest BCUT2D eigenvalue weighted by atomic mass is 32.1. The van der Waals surface area contributed by atoms with E-state index in [4.69, 9.17) is 5.11 Å². The molecule has 0 saturated carbocycles. The van der Waals surface area contributed by atoms with Crippen LogP contribution in [0, 0.1) is 6.92 Å². The fourth-order valence-corrected chi connectivity index (χ4v) is 2.68. The summed E-state index contributed by atoms with van der Waals surface area (Å²) in [6.45, 7) is 2.58. The van der Waals surface area contributed by atoms with E-state index in [1.165, 1.54) is 11.3 Å². The van der Waals surface area contributed by atoms with E-state index in [9.17, 15) is 4.79 Å². The lowest BCUT2D eigenvalue weighted by atomic mass is 10.3. The molecule has 0 fully saturated rings. The zero-order valence-corrected chi connectivity index (χ0v) is 10.8. The topological polar surface area (TPSA) is 75.1 Å². The summed E-state index contributed by atoms with van der Waals surface area (Å²) >= 11 is 3.00. The summed E-state index contributed by atoms with van der Waals surface area (Å²) in [6.07, 6.45) is -0.0332. The molecule has 7 heteroatoms. The van der Waals surface area contributed by atoms with Crippen molar-refractivity contribution in [2.24, 2.45) is 0 Å². The van der Waals surface area contributed by atoms with Crippen molar-refractivity contribution in [3.63, 3.8) is 0 Å². The van der Waals surface area contributed by atoms with Gasteiger partial charge < -0.3 is 10.4 Å². The number of aryl methyl sites for hydroxylation is 1. The van der Waals surface area contributed by atoms with Crippen molar-refractivity contribution in [2.75, 3.05) is 5.32 Å². The number of nitrogens with zero attached hydrogens (tertiary/aromatic N) is 2. The molecule has 0 aromatic carbocycles. The molecule has 0 saturated heterocycles. The minimum Gasteiger partial charge on any atom is -0.481 e. The van der Waals surface area contributed by atoms with Crippen LogP contribution < -0.4 is 5.32 Å². The van der Waals surface area contributed by atoms with Crippen LogP contribution in [0.1, 0.15) is 16.4 Å². The number of rotatable bonds is 5. The molecule has 0 amide bonds. The monoisotopic (exact) mass is 269 g/mol. The number of thiazole rings is 2. The second-order valence-corrected chi connectivity index (χ2v) is 5.25. The number of hydrogen-bond acceptors (Lipinski definition) is 6. The van der Waals surface area contributed by atoms with Crippen molar-refractivity contribution in [2.45, 2.75) is 19.9 Å². The van der Waals surface area contributed by atoms with Gasteiger partial charge >= 0.3 is 5.97 Å². The summed E-state index contributed by atoms with van der Waals surface area (Å²) < 4.78 is 0. The maximum atomic E-state index is 10.5. The van der Waals surface area contributed by atoms with E-state index in [1.807, 2.05) is 12.3 Å². The summed E-state index contributed by atoms with van der Waals surface area (Å²) in [5.74, 6) is -0.864. The molecule has 0 aliphatic heterocycles. The Bertz CT molecular complexity index is 521. The smallest absolute Gasteiger partial charge is 0.309 e. The first kappa shape index (κ1) is 12.0. The van der Waals surface area contributed by atoms with E-state index in [2.05, 4.69) is 15.3 Å². The van der Waals surface area contributed by atoms with Crippen LogP contribution in [0.5, 0.6) is 0 Å². The van der Waals surface area contributed by atoms with E-state index in [1.54, 1.807) is 16.7 Å². The van der Waals surface area contributed by atoms with Gasteiger partial charge in [0.1, 0.15) is 5.01 Å². The van der Waals surface area contributed by atoms with E-state index < -0.39 is 5.97 Å². The summed E-state index contributed by atoms with van der Waals surface area (Å²) in [7, 11) is 0. The van der Waals surface area contributed by atoms with Gasteiger partial charge in [-0.1, -0.05) is 0 Å². The van der Waals surface area contributed by atoms with Crippen molar-refractivity contribution in [1.82, 2.24) is 9.97 Å². The van der Waals surface area contributed by atoms with E-state index in [0.29, 0.717) is 12.2 Å². The fraction of sp³-hybridized carbons (Fsp3) is 0.300. The quantitative estimate of drug-likeness (QED) is 0.870. The number of anilines is 1. The Morgan fingerprint density at radius 1 is 1.41 bits per heavy atom. The molecule has 2 heterocycles. The third-order valence-electron chi connectivity index (χ3n) is 1.94. The van der Waals surface area contributed by atoms with Crippen molar-refractivity contribution in [3.05, 3.63) is 27.2 Å². The van der Waals surface area contributed by atoms with Crippen LogP contribution in [0.4, 0.5) is 5.13 Å². The Kier molecular flexibility index (Phi) is 3.70. The van der Waals surface area contributed by atoms with E-state index >= 15 is 0 Å². The Morgan fingerprint density at radius 3 is 2.88 bits per heavy atom. The molecular formula is C10H11N3O2S2. The molecule has 0 aliphatic carbocycles. The maximum absolute atomic E-state index is 10.5. The van der Waals surface area contributed by atoms with Gasteiger partial charge in [0.15, 0.2) is 5.13 Å². The molecule has 2 aromatic rings. The molecule has 17 heavy (non-hydrogen) atoms. The van der Waals surface area contributed by atoms with Gasteiger partial charge in [0, 0.05) is 16.5 Å². The summed E-state index contributed by atoms with van der Waals surface area (Å²) in [4.78, 5) is 19.0. The van der Waals surface area contributed by atoms with Gasteiger partial charge in [0.2, 0.25) is 0 Å². The predicted molar refractivity (Wildman–Crippen MR) is 67.6 cm³/mol. The van der Waals surface area contributed by atoms with Gasteiger partial charge in [-0.15, -0.1) is 22.7 Å². The fourth-order valence-electron chi connectivity index (χ4n) is 1.26. The Morgan fingerprint density at radius 2 is 2.24 bits per heavy atom. The molecule has 0 atom stereocenters. The molecule has 5 nitrogen and oxygen atoms in total. The highest BCUT2D eigenvalue weighted by Gasteiger charge is 2.06. The van der Waals surface area contributed by atoms with Gasteiger partial charge in [-0.3, -0.25) is 4.79 Å². The second-order valence-electron chi connectivity index (χ2n) is 3.45. The number of aliphatic carboxylic acids is 1. The van der Waals surface area contributed by atoms with Gasteiger partial charge in [-0.2, -0.15) is 0 Å². The largest absolute Gasteiger partial charge is 0.481 e. The number of carboxylic acids is 1. The predicted octanol–water partition coefficient (Wildman–Crippen LogP) is 2.15. The second kappa shape index (κ2) is 5.24. The number of aromatic nitrogens is 2. The lowest BCUT2D eigenvalue weighted by Gasteiger charge is -1.97. The Balaban J connectivity index is 1.91. The number of carbonyl (C=O) groups is 1. The normalized spacial score (nSPS) is 10.4. The Hall–Kier alpha value is -1.47. The number of nitrogens with one attached hydrogen (secondary N) is 1. The molecule has 2 aromatic heterocycles. The molecule has 0 radical (unpaired) electrons. The minimum atomic E-state index is -0.864. The van der Waals surface area contributed by atoms with Crippen LogP contribution in [0.2, 0.25) is 0 Å².